The highest BCUT2D eigenvalue weighted by Crippen LogP contribution is 2.29. The van der Waals surface area contributed by atoms with Crippen LogP contribution in [0.15, 0.2) is 70.2 Å². The van der Waals surface area contributed by atoms with E-state index < -0.39 is 28.0 Å². The molecule has 0 bridgehead atoms. The summed E-state index contributed by atoms with van der Waals surface area (Å²) in [6.07, 6.45) is 0.190. The quantitative estimate of drug-likeness (QED) is 0.487. The van der Waals surface area contributed by atoms with Crippen molar-refractivity contribution in [3.63, 3.8) is 0 Å². The lowest BCUT2D eigenvalue weighted by Gasteiger charge is -2.27. The maximum Gasteiger partial charge on any atom is 0.291 e. The molecule has 3 aromatic rings. The van der Waals surface area contributed by atoms with Crippen molar-refractivity contribution in [2.75, 3.05) is 16.0 Å². The van der Waals surface area contributed by atoms with E-state index in [2.05, 4.69) is 20.7 Å². The number of rotatable bonds is 4. The molecule has 1 aromatic heterocycles. The molecule has 0 aliphatic carbocycles. The Morgan fingerprint density at radius 2 is 1.70 bits per heavy atom. The maximum absolute atomic E-state index is 12.5. The molecule has 0 spiro atoms. The van der Waals surface area contributed by atoms with Crippen molar-refractivity contribution >= 4 is 50.5 Å². The van der Waals surface area contributed by atoms with Gasteiger partial charge in [0.25, 0.3) is 11.8 Å². The molecule has 2 heterocycles. The summed E-state index contributed by atoms with van der Waals surface area (Å²) in [5.41, 5.74) is 1.19. The smallest absolute Gasteiger partial charge is 0.291 e. The molecule has 0 saturated carbocycles. The Bertz CT molecular complexity index is 1210. The molecule has 2 amide bonds. The summed E-state index contributed by atoms with van der Waals surface area (Å²) in [6, 6.07) is 13.8. The first-order chi connectivity index (χ1) is 14.3. The van der Waals surface area contributed by atoms with Gasteiger partial charge in [0.05, 0.1) is 12.0 Å². The fraction of sp³-hybridized carbons (Fsp3) is 0.0526. The molecule has 1 aliphatic rings. The van der Waals surface area contributed by atoms with Crippen molar-refractivity contribution in [1.29, 1.82) is 0 Å². The molecule has 4 N–H and O–H groups in total. The van der Waals surface area contributed by atoms with Crippen molar-refractivity contribution in [3.8, 4) is 0 Å². The third-order valence-corrected chi connectivity index (χ3v) is 5.92. The molecule has 154 valence electrons. The van der Waals surface area contributed by atoms with Gasteiger partial charge in [0, 0.05) is 16.4 Å². The number of halogens is 1. The number of hydrogen-bond donors (Lipinski definition) is 4. The van der Waals surface area contributed by atoms with Crippen LogP contribution in [-0.4, -0.2) is 26.4 Å². The summed E-state index contributed by atoms with van der Waals surface area (Å²) in [6.45, 7) is 0. The SMILES string of the molecule is O=C(Nc1ccc(NC(=O)C2Nc3ccc(Cl)cc3S(=O)(=O)N2)cc1)c1ccco1. The van der Waals surface area contributed by atoms with Gasteiger partial charge in [0.2, 0.25) is 10.0 Å². The van der Waals surface area contributed by atoms with Gasteiger partial charge in [-0.3, -0.25) is 9.59 Å². The molecule has 30 heavy (non-hydrogen) atoms. The fourth-order valence-electron chi connectivity index (χ4n) is 2.81. The second kappa shape index (κ2) is 7.82. The zero-order valence-electron chi connectivity index (χ0n) is 15.2. The van der Waals surface area contributed by atoms with Crippen molar-refractivity contribution in [1.82, 2.24) is 4.72 Å². The van der Waals surface area contributed by atoms with Crippen LogP contribution in [0.5, 0.6) is 0 Å². The standard InChI is InChI=1S/C19H15ClN4O5S/c20-11-3-8-14-16(10-11)30(27,28)24-17(23-14)19(26)22-13-6-4-12(5-7-13)21-18(25)15-2-1-9-29-15/h1-10,17,23-24H,(H,21,25)(H,22,26). The van der Waals surface area contributed by atoms with Gasteiger partial charge in [0.1, 0.15) is 4.90 Å². The Labute approximate surface area is 176 Å². The molecule has 0 radical (unpaired) electrons. The van der Waals surface area contributed by atoms with Crippen LogP contribution in [-0.2, 0) is 14.8 Å². The number of amides is 2. The molecule has 1 unspecified atom stereocenters. The molecular formula is C19H15ClN4O5S. The van der Waals surface area contributed by atoms with E-state index in [-0.39, 0.29) is 21.4 Å². The van der Waals surface area contributed by atoms with Gasteiger partial charge in [-0.25, -0.2) is 8.42 Å². The van der Waals surface area contributed by atoms with Crippen molar-refractivity contribution < 1.29 is 22.4 Å². The Kier molecular flexibility index (Phi) is 5.20. The van der Waals surface area contributed by atoms with Crippen LogP contribution >= 0.6 is 11.6 Å². The lowest BCUT2D eigenvalue weighted by molar-refractivity contribution is -0.117. The maximum atomic E-state index is 12.5. The third-order valence-electron chi connectivity index (χ3n) is 4.22. The van der Waals surface area contributed by atoms with E-state index in [1.807, 2.05) is 0 Å². The van der Waals surface area contributed by atoms with Crippen molar-refractivity contribution in [2.45, 2.75) is 11.1 Å². The molecule has 1 aliphatic heterocycles. The molecule has 9 nitrogen and oxygen atoms in total. The molecule has 0 saturated heterocycles. The van der Waals surface area contributed by atoms with E-state index in [4.69, 9.17) is 16.0 Å². The van der Waals surface area contributed by atoms with Crippen LogP contribution in [0.3, 0.4) is 0 Å². The van der Waals surface area contributed by atoms with Crippen LogP contribution in [0, 0.1) is 0 Å². The first kappa shape index (κ1) is 20.0. The number of carbonyl (C=O) groups excluding carboxylic acids is 2. The number of benzene rings is 2. The number of fused-ring (bicyclic) bond motifs is 1. The largest absolute Gasteiger partial charge is 0.459 e. The highest BCUT2D eigenvalue weighted by molar-refractivity contribution is 7.89. The topological polar surface area (TPSA) is 130 Å². The lowest BCUT2D eigenvalue weighted by Crippen LogP contribution is -2.51. The molecular weight excluding hydrogens is 432 g/mol. The fourth-order valence-corrected chi connectivity index (χ4v) is 4.35. The molecule has 0 fully saturated rings. The van der Waals surface area contributed by atoms with E-state index in [1.165, 1.54) is 30.5 Å². The summed E-state index contributed by atoms with van der Waals surface area (Å²) < 4.78 is 32.1. The average molecular weight is 447 g/mol. The number of furan rings is 1. The monoisotopic (exact) mass is 446 g/mol. The average Bonchev–Trinajstić information content (AvgIpc) is 3.24. The summed E-state index contributed by atoms with van der Waals surface area (Å²) in [5.74, 6) is -0.840. The minimum absolute atomic E-state index is 0.0318. The molecule has 2 aromatic carbocycles. The van der Waals surface area contributed by atoms with Crippen LogP contribution in [0.2, 0.25) is 5.02 Å². The third kappa shape index (κ3) is 4.15. The highest BCUT2D eigenvalue weighted by atomic mass is 35.5. The zero-order chi connectivity index (χ0) is 21.3. The Balaban J connectivity index is 1.43. The highest BCUT2D eigenvalue weighted by Gasteiger charge is 2.33. The van der Waals surface area contributed by atoms with Gasteiger partial charge in [0.15, 0.2) is 11.9 Å². The Morgan fingerprint density at radius 3 is 2.37 bits per heavy atom. The number of hydrogen-bond acceptors (Lipinski definition) is 6. The predicted molar refractivity (Wildman–Crippen MR) is 111 cm³/mol. The van der Waals surface area contributed by atoms with Gasteiger partial charge >= 0.3 is 0 Å². The van der Waals surface area contributed by atoms with E-state index >= 15 is 0 Å². The number of anilines is 3. The summed E-state index contributed by atoms with van der Waals surface area (Å²) in [7, 11) is -3.91. The van der Waals surface area contributed by atoms with Gasteiger partial charge < -0.3 is 20.4 Å². The van der Waals surface area contributed by atoms with Crippen molar-refractivity contribution in [2.24, 2.45) is 0 Å². The van der Waals surface area contributed by atoms with Gasteiger partial charge in [-0.1, -0.05) is 11.6 Å². The normalized spacial score (nSPS) is 16.8. The molecule has 4 rings (SSSR count). The summed E-state index contributed by atoms with van der Waals surface area (Å²) >= 11 is 5.85. The number of nitrogens with one attached hydrogen (secondary N) is 4. The molecule has 11 heteroatoms. The minimum Gasteiger partial charge on any atom is -0.459 e. The Hall–Kier alpha value is -3.34. The van der Waals surface area contributed by atoms with E-state index in [1.54, 1.807) is 30.3 Å². The summed E-state index contributed by atoms with van der Waals surface area (Å²) in [5, 5.41) is 8.36. The van der Waals surface area contributed by atoms with Gasteiger partial charge in [-0.15, -0.1) is 0 Å². The van der Waals surface area contributed by atoms with E-state index in [0.717, 1.165) is 0 Å². The van der Waals surface area contributed by atoms with E-state index in [9.17, 15) is 18.0 Å². The Morgan fingerprint density at radius 1 is 1.00 bits per heavy atom. The molecule has 1 atom stereocenters. The lowest BCUT2D eigenvalue weighted by atomic mass is 10.2. The van der Waals surface area contributed by atoms with Gasteiger partial charge in [-0.2, -0.15) is 4.72 Å². The minimum atomic E-state index is -3.91. The first-order valence-electron chi connectivity index (χ1n) is 8.66. The second-order valence-electron chi connectivity index (χ2n) is 6.34. The van der Waals surface area contributed by atoms with Crippen LogP contribution in [0.1, 0.15) is 10.6 Å². The van der Waals surface area contributed by atoms with Crippen LogP contribution in [0.4, 0.5) is 17.1 Å². The van der Waals surface area contributed by atoms with Crippen molar-refractivity contribution in [3.05, 3.63) is 71.6 Å². The first-order valence-corrected chi connectivity index (χ1v) is 10.5. The number of carbonyl (C=O) groups is 2. The second-order valence-corrected chi connectivity index (χ2v) is 8.46. The van der Waals surface area contributed by atoms with Crippen LogP contribution < -0.4 is 20.7 Å². The predicted octanol–water partition coefficient (Wildman–Crippen LogP) is 2.85. The number of sulfonamides is 1. The van der Waals surface area contributed by atoms with E-state index in [0.29, 0.717) is 11.4 Å². The van der Waals surface area contributed by atoms with Crippen LogP contribution in [0.25, 0.3) is 0 Å². The van der Waals surface area contributed by atoms with Gasteiger partial charge in [-0.05, 0) is 54.6 Å². The zero-order valence-corrected chi connectivity index (χ0v) is 16.8. The summed E-state index contributed by atoms with van der Waals surface area (Å²) in [4.78, 5) is 24.5.